The first-order valence-electron chi connectivity index (χ1n) is 9.15. The smallest absolute Gasteiger partial charge is 0.224 e. The fourth-order valence-corrected chi connectivity index (χ4v) is 4.08. The number of piperidine rings is 1. The predicted molar refractivity (Wildman–Crippen MR) is 93.2 cm³/mol. The molecule has 0 bridgehead atoms. The van der Waals surface area contributed by atoms with Gasteiger partial charge < -0.3 is 10.2 Å². The lowest BCUT2D eigenvalue weighted by Gasteiger charge is -2.33. The number of fused-ring (bicyclic) bond motifs is 3. The van der Waals surface area contributed by atoms with Crippen LogP contribution in [0.25, 0.3) is 5.52 Å². The number of rotatable bonds is 3. The van der Waals surface area contributed by atoms with Gasteiger partial charge in [0.05, 0.1) is 11.6 Å². The molecule has 0 radical (unpaired) electrons. The first-order chi connectivity index (χ1) is 11.8. The fourth-order valence-electron chi connectivity index (χ4n) is 4.08. The summed E-state index contributed by atoms with van der Waals surface area (Å²) in [4.78, 5) is 19.2. The standard InChI is InChI=1S/C18H25N5O/c1-2-19-18(24)13-6-5-10-22(12-13)17-16-14-7-3-4-8-15(14)21-23(16)11-9-20-17/h9,11,13H,2-8,10,12H2,1H3,(H,19,24). The van der Waals surface area contributed by atoms with Crippen molar-refractivity contribution >= 4 is 17.2 Å². The maximum Gasteiger partial charge on any atom is 0.224 e. The van der Waals surface area contributed by atoms with Crippen LogP contribution in [0, 0.1) is 5.92 Å². The van der Waals surface area contributed by atoms with Gasteiger partial charge in [-0.3, -0.25) is 4.79 Å². The van der Waals surface area contributed by atoms with E-state index in [0.29, 0.717) is 6.54 Å². The van der Waals surface area contributed by atoms with E-state index < -0.39 is 0 Å². The lowest BCUT2D eigenvalue weighted by Crippen LogP contribution is -2.43. The number of hydrogen-bond donors (Lipinski definition) is 1. The molecule has 1 amide bonds. The van der Waals surface area contributed by atoms with Crippen molar-refractivity contribution in [3.05, 3.63) is 23.7 Å². The third-order valence-corrected chi connectivity index (χ3v) is 5.24. The Kier molecular flexibility index (Phi) is 4.12. The van der Waals surface area contributed by atoms with E-state index in [1.165, 1.54) is 24.1 Å². The summed E-state index contributed by atoms with van der Waals surface area (Å²) in [5.41, 5.74) is 3.75. The molecule has 6 nitrogen and oxygen atoms in total. The molecule has 0 spiro atoms. The zero-order valence-corrected chi connectivity index (χ0v) is 14.3. The number of nitrogens with zero attached hydrogens (tertiary/aromatic N) is 4. The number of aromatic nitrogens is 3. The van der Waals surface area contributed by atoms with E-state index in [1.54, 1.807) is 0 Å². The second kappa shape index (κ2) is 6.42. The van der Waals surface area contributed by atoms with Crippen LogP contribution in [0.2, 0.25) is 0 Å². The maximum absolute atomic E-state index is 12.2. The van der Waals surface area contributed by atoms with Gasteiger partial charge in [-0.2, -0.15) is 5.10 Å². The van der Waals surface area contributed by atoms with E-state index >= 15 is 0 Å². The van der Waals surface area contributed by atoms with Crippen molar-refractivity contribution in [2.75, 3.05) is 24.5 Å². The van der Waals surface area contributed by atoms with Crippen molar-refractivity contribution in [2.45, 2.75) is 45.4 Å². The Hall–Kier alpha value is -2.11. The van der Waals surface area contributed by atoms with Crippen LogP contribution < -0.4 is 10.2 Å². The summed E-state index contributed by atoms with van der Waals surface area (Å²) in [6.45, 7) is 4.37. The van der Waals surface area contributed by atoms with E-state index in [4.69, 9.17) is 5.10 Å². The minimum absolute atomic E-state index is 0.0551. The molecule has 6 heteroatoms. The summed E-state index contributed by atoms with van der Waals surface area (Å²) in [6, 6.07) is 0. The monoisotopic (exact) mass is 327 g/mol. The molecule has 1 N–H and O–H groups in total. The SMILES string of the molecule is CCNC(=O)C1CCCN(c2nccn3nc4c(c23)CCCC4)C1. The van der Waals surface area contributed by atoms with Gasteiger partial charge in [0.25, 0.3) is 0 Å². The number of amides is 1. The topological polar surface area (TPSA) is 62.5 Å². The molecule has 24 heavy (non-hydrogen) atoms. The molecule has 1 saturated heterocycles. The van der Waals surface area contributed by atoms with Gasteiger partial charge >= 0.3 is 0 Å². The van der Waals surface area contributed by atoms with Crippen molar-refractivity contribution in [1.82, 2.24) is 19.9 Å². The van der Waals surface area contributed by atoms with Gasteiger partial charge in [0.1, 0.15) is 5.52 Å². The van der Waals surface area contributed by atoms with E-state index in [2.05, 4.69) is 15.2 Å². The minimum Gasteiger partial charge on any atom is -0.356 e. The van der Waals surface area contributed by atoms with Crippen molar-refractivity contribution in [1.29, 1.82) is 0 Å². The number of nitrogens with one attached hydrogen (secondary N) is 1. The normalized spacial score (nSPS) is 20.9. The molecule has 0 aromatic carbocycles. The molecule has 0 saturated carbocycles. The maximum atomic E-state index is 12.2. The Morgan fingerprint density at radius 2 is 2.21 bits per heavy atom. The molecular formula is C18H25N5O. The minimum atomic E-state index is 0.0551. The molecule has 1 aliphatic carbocycles. The average Bonchev–Trinajstić information content (AvgIpc) is 3.00. The highest BCUT2D eigenvalue weighted by molar-refractivity contribution is 5.80. The first-order valence-corrected chi connectivity index (χ1v) is 9.15. The Bertz CT molecular complexity index is 753. The number of carbonyl (C=O) groups is 1. The van der Waals surface area contributed by atoms with Crippen molar-refractivity contribution in [2.24, 2.45) is 5.92 Å². The van der Waals surface area contributed by atoms with Crippen LogP contribution in [0.5, 0.6) is 0 Å². The number of aryl methyl sites for hydroxylation is 2. The molecule has 2 aliphatic rings. The van der Waals surface area contributed by atoms with Gasteiger partial charge in [0, 0.05) is 37.6 Å². The summed E-state index contributed by atoms with van der Waals surface area (Å²) in [5, 5.41) is 7.73. The quantitative estimate of drug-likeness (QED) is 0.936. The molecule has 1 fully saturated rings. The molecule has 128 valence electrons. The number of carbonyl (C=O) groups excluding carboxylic acids is 1. The van der Waals surface area contributed by atoms with Gasteiger partial charge in [-0.1, -0.05) is 0 Å². The lowest BCUT2D eigenvalue weighted by atomic mass is 9.95. The third-order valence-electron chi connectivity index (χ3n) is 5.24. The molecule has 4 rings (SSSR count). The van der Waals surface area contributed by atoms with Crippen LogP contribution in [0.1, 0.15) is 43.9 Å². The Morgan fingerprint density at radius 1 is 1.33 bits per heavy atom. The van der Waals surface area contributed by atoms with Gasteiger partial charge in [-0.25, -0.2) is 9.50 Å². The fraction of sp³-hybridized carbons (Fsp3) is 0.611. The molecule has 1 aliphatic heterocycles. The van der Waals surface area contributed by atoms with Gasteiger partial charge in [-0.15, -0.1) is 0 Å². The van der Waals surface area contributed by atoms with E-state index in [9.17, 15) is 4.79 Å². The summed E-state index contributed by atoms with van der Waals surface area (Å²) in [7, 11) is 0. The predicted octanol–water partition coefficient (Wildman–Crippen LogP) is 1.96. The molecule has 3 heterocycles. The number of anilines is 1. The van der Waals surface area contributed by atoms with Gasteiger partial charge in [0.15, 0.2) is 5.82 Å². The van der Waals surface area contributed by atoms with Crippen molar-refractivity contribution < 1.29 is 4.79 Å². The van der Waals surface area contributed by atoms with Crippen LogP contribution in [-0.4, -0.2) is 40.1 Å². The van der Waals surface area contributed by atoms with Crippen LogP contribution >= 0.6 is 0 Å². The molecular weight excluding hydrogens is 302 g/mol. The van der Waals surface area contributed by atoms with Crippen molar-refractivity contribution in [3.8, 4) is 0 Å². The second-order valence-electron chi connectivity index (χ2n) is 6.86. The van der Waals surface area contributed by atoms with Gasteiger partial charge in [-0.05, 0) is 45.4 Å². The average molecular weight is 327 g/mol. The highest BCUT2D eigenvalue weighted by Crippen LogP contribution is 2.32. The van der Waals surface area contributed by atoms with Gasteiger partial charge in [0.2, 0.25) is 5.91 Å². The van der Waals surface area contributed by atoms with Crippen LogP contribution in [-0.2, 0) is 17.6 Å². The Morgan fingerprint density at radius 3 is 3.08 bits per heavy atom. The molecule has 2 aromatic rings. The van der Waals surface area contributed by atoms with Crippen LogP contribution in [0.15, 0.2) is 12.4 Å². The van der Waals surface area contributed by atoms with E-state index in [0.717, 1.165) is 50.1 Å². The second-order valence-corrected chi connectivity index (χ2v) is 6.86. The number of hydrogen-bond acceptors (Lipinski definition) is 4. The zero-order valence-electron chi connectivity index (χ0n) is 14.3. The largest absolute Gasteiger partial charge is 0.356 e. The summed E-state index contributed by atoms with van der Waals surface area (Å²) < 4.78 is 1.99. The highest BCUT2D eigenvalue weighted by Gasteiger charge is 2.29. The van der Waals surface area contributed by atoms with E-state index in [-0.39, 0.29) is 11.8 Å². The van der Waals surface area contributed by atoms with Crippen molar-refractivity contribution in [3.63, 3.8) is 0 Å². The summed E-state index contributed by atoms with van der Waals surface area (Å²) in [5.74, 6) is 1.23. The third kappa shape index (κ3) is 2.64. The molecule has 2 aromatic heterocycles. The highest BCUT2D eigenvalue weighted by atomic mass is 16.1. The summed E-state index contributed by atoms with van der Waals surface area (Å²) in [6.07, 6.45) is 10.4. The van der Waals surface area contributed by atoms with E-state index in [1.807, 2.05) is 23.8 Å². The van der Waals surface area contributed by atoms with Crippen LogP contribution in [0.3, 0.4) is 0 Å². The first kappa shape index (κ1) is 15.4. The van der Waals surface area contributed by atoms with Crippen LogP contribution in [0.4, 0.5) is 5.82 Å². The molecule has 1 atom stereocenters. The lowest BCUT2D eigenvalue weighted by molar-refractivity contribution is -0.125. The summed E-state index contributed by atoms with van der Waals surface area (Å²) >= 11 is 0. The Balaban J connectivity index is 1.68. The molecule has 1 unspecified atom stereocenters. The zero-order chi connectivity index (χ0) is 16.5. The Labute approximate surface area is 142 Å².